The maximum atomic E-state index is 12.7. The largest absolute Gasteiger partial charge is 0.337 e. The van der Waals surface area contributed by atoms with Gasteiger partial charge in [-0.2, -0.15) is 0 Å². The summed E-state index contributed by atoms with van der Waals surface area (Å²) in [7, 11) is 0. The van der Waals surface area contributed by atoms with Crippen LogP contribution >= 0.6 is 27.5 Å². The SMILES string of the molecule is O=C(c1cccc(Cl)c1)N1CCCN(C(=O)c2cccc(Br)c2)CC1. The van der Waals surface area contributed by atoms with E-state index in [1.807, 2.05) is 29.2 Å². The van der Waals surface area contributed by atoms with Gasteiger partial charge < -0.3 is 9.80 Å². The molecule has 3 rings (SSSR count). The second-order valence-corrected chi connectivity index (χ2v) is 7.31. The number of carbonyl (C=O) groups is 2. The molecule has 1 saturated heterocycles. The summed E-state index contributed by atoms with van der Waals surface area (Å²) in [5.74, 6) is -0.0439. The van der Waals surface area contributed by atoms with Gasteiger partial charge in [-0.25, -0.2) is 0 Å². The molecule has 1 heterocycles. The summed E-state index contributed by atoms with van der Waals surface area (Å²) in [5.41, 5.74) is 1.24. The van der Waals surface area contributed by atoms with E-state index in [1.54, 1.807) is 29.2 Å². The summed E-state index contributed by atoms with van der Waals surface area (Å²) < 4.78 is 0.880. The van der Waals surface area contributed by atoms with E-state index in [4.69, 9.17) is 11.6 Å². The Bertz CT molecular complexity index is 731. The second-order valence-electron chi connectivity index (χ2n) is 5.96. The Kier molecular flexibility index (Phi) is 5.76. The lowest BCUT2D eigenvalue weighted by Gasteiger charge is -2.22. The number of carbonyl (C=O) groups excluding carboxylic acids is 2. The molecular formula is C19H18BrClN2O2. The molecule has 0 N–H and O–H groups in total. The van der Waals surface area contributed by atoms with E-state index >= 15 is 0 Å². The van der Waals surface area contributed by atoms with Crippen LogP contribution in [0.3, 0.4) is 0 Å². The Balaban J connectivity index is 1.68. The molecule has 4 nitrogen and oxygen atoms in total. The molecule has 6 heteroatoms. The van der Waals surface area contributed by atoms with Gasteiger partial charge in [-0.3, -0.25) is 9.59 Å². The van der Waals surface area contributed by atoms with Crippen molar-refractivity contribution in [1.29, 1.82) is 0 Å². The molecule has 130 valence electrons. The van der Waals surface area contributed by atoms with Gasteiger partial charge in [0.05, 0.1) is 0 Å². The van der Waals surface area contributed by atoms with E-state index in [2.05, 4.69) is 15.9 Å². The number of rotatable bonds is 2. The molecule has 2 aromatic carbocycles. The lowest BCUT2D eigenvalue weighted by molar-refractivity contribution is 0.0718. The molecule has 0 bridgehead atoms. The summed E-state index contributed by atoms with van der Waals surface area (Å²) in [6, 6.07) is 14.3. The Labute approximate surface area is 160 Å². The van der Waals surface area contributed by atoms with Crippen molar-refractivity contribution in [3.8, 4) is 0 Å². The zero-order valence-corrected chi connectivity index (χ0v) is 16.0. The number of hydrogen-bond donors (Lipinski definition) is 0. The molecule has 2 amide bonds. The van der Waals surface area contributed by atoms with Gasteiger partial charge >= 0.3 is 0 Å². The number of hydrogen-bond acceptors (Lipinski definition) is 2. The average molecular weight is 422 g/mol. The third kappa shape index (κ3) is 4.41. The number of benzene rings is 2. The molecule has 25 heavy (non-hydrogen) atoms. The summed E-state index contributed by atoms with van der Waals surface area (Å²) in [4.78, 5) is 28.9. The van der Waals surface area contributed by atoms with Gasteiger partial charge in [0.2, 0.25) is 0 Å². The van der Waals surface area contributed by atoms with Crippen molar-refractivity contribution in [3.05, 3.63) is 69.2 Å². The third-order valence-electron chi connectivity index (χ3n) is 4.21. The first kappa shape index (κ1) is 18.0. The molecule has 1 fully saturated rings. The highest BCUT2D eigenvalue weighted by molar-refractivity contribution is 9.10. The molecule has 0 aromatic heterocycles. The predicted octanol–water partition coefficient (Wildman–Crippen LogP) is 4.09. The minimum Gasteiger partial charge on any atom is -0.337 e. The summed E-state index contributed by atoms with van der Waals surface area (Å²) in [6.45, 7) is 2.32. The van der Waals surface area contributed by atoms with E-state index in [0.717, 1.165) is 10.9 Å². The Hall–Kier alpha value is -1.85. The van der Waals surface area contributed by atoms with Crippen molar-refractivity contribution in [2.45, 2.75) is 6.42 Å². The van der Waals surface area contributed by atoms with Gasteiger partial charge in [0.15, 0.2) is 0 Å². The van der Waals surface area contributed by atoms with Crippen LogP contribution < -0.4 is 0 Å². The number of amides is 2. The molecule has 0 aliphatic carbocycles. The zero-order chi connectivity index (χ0) is 17.8. The molecule has 2 aromatic rings. The van der Waals surface area contributed by atoms with Crippen molar-refractivity contribution >= 4 is 39.3 Å². The first-order valence-corrected chi connectivity index (χ1v) is 9.31. The quantitative estimate of drug-likeness (QED) is 0.733. The first-order valence-electron chi connectivity index (χ1n) is 8.14. The normalized spacial score (nSPS) is 15.0. The van der Waals surface area contributed by atoms with Gasteiger partial charge in [0.1, 0.15) is 0 Å². The highest BCUT2D eigenvalue weighted by atomic mass is 79.9. The number of halogens is 2. The Morgan fingerprint density at radius 2 is 1.40 bits per heavy atom. The standard InChI is InChI=1S/C19H18BrClN2O2/c20-16-6-1-4-14(12-16)18(24)22-8-3-9-23(11-10-22)19(25)15-5-2-7-17(21)13-15/h1-2,4-7,12-13H,3,8-11H2. The Morgan fingerprint density at radius 3 is 1.96 bits per heavy atom. The molecule has 0 saturated carbocycles. The van der Waals surface area contributed by atoms with Crippen LogP contribution in [-0.2, 0) is 0 Å². The summed E-state index contributed by atoms with van der Waals surface area (Å²) >= 11 is 9.37. The lowest BCUT2D eigenvalue weighted by Crippen LogP contribution is -2.37. The minimum atomic E-state index is -0.0424. The maximum absolute atomic E-state index is 12.7. The summed E-state index contributed by atoms with van der Waals surface area (Å²) in [6.07, 6.45) is 0.756. The molecule has 0 radical (unpaired) electrons. The van der Waals surface area contributed by atoms with E-state index in [1.165, 1.54) is 0 Å². The van der Waals surface area contributed by atoms with Gasteiger partial charge in [-0.05, 0) is 42.8 Å². The smallest absolute Gasteiger partial charge is 0.253 e. The van der Waals surface area contributed by atoms with Gasteiger partial charge in [-0.15, -0.1) is 0 Å². The van der Waals surface area contributed by atoms with Crippen LogP contribution in [0.1, 0.15) is 27.1 Å². The maximum Gasteiger partial charge on any atom is 0.253 e. The fraction of sp³-hybridized carbons (Fsp3) is 0.263. The van der Waals surface area contributed by atoms with Crippen LogP contribution in [-0.4, -0.2) is 47.8 Å². The minimum absolute atomic E-state index is 0.00152. The van der Waals surface area contributed by atoms with Crippen molar-refractivity contribution in [2.75, 3.05) is 26.2 Å². The predicted molar refractivity (Wildman–Crippen MR) is 102 cm³/mol. The summed E-state index contributed by atoms with van der Waals surface area (Å²) in [5, 5.41) is 0.548. The van der Waals surface area contributed by atoms with Crippen LogP contribution in [0.15, 0.2) is 53.0 Å². The molecule has 0 spiro atoms. The second kappa shape index (κ2) is 8.02. The fourth-order valence-corrected chi connectivity index (χ4v) is 3.52. The van der Waals surface area contributed by atoms with Crippen molar-refractivity contribution < 1.29 is 9.59 Å². The van der Waals surface area contributed by atoms with Crippen LogP contribution in [0.5, 0.6) is 0 Å². The monoisotopic (exact) mass is 420 g/mol. The van der Waals surface area contributed by atoms with Crippen LogP contribution in [0.25, 0.3) is 0 Å². The van der Waals surface area contributed by atoms with Gasteiger partial charge in [-0.1, -0.05) is 39.7 Å². The molecule has 1 aliphatic rings. The van der Waals surface area contributed by atoms with Crippen LogP contribution in [0.4, 0.5) is 0 Å². The Morgan fingerprint density at radius 1 is 0.840 bits per heavy atom. The van der Waals surface area contributed by atoms with Gasteiger partial charge in [0, 0.05) is 46.8 Å². The highest BCUT2D eigenvalue weighted by Gasteiger charge is 2.23. The third-order valence-corrected chi connectivity index (χ3v) is 4.94. The van der Waals surface area contributed by atoms with E-state index in [9.17, 15) is 9.59 Å². The number of nitrogens with zero attached hydrogens (tertiary/aromatic N) is 2. The lowest BCUT2D eigenvalue weighted by atomic mass is 10.2. The molecule has 0 atom stereocenters. The average Bonchev–Trinajstić information content (AvgIpc) is 2.86. The van der Waals surface area contributed by atoms with E-state index in [-0.39, 0.29) is 11.8 Å². The van der Waals surface area contributed by atoms with Crippen molar-refractivity contribution in [3.63, 3.8) is 0 Å². The molecule has 1 aliphatic heterocycles. The van der Waals surface area contributed by atoms with Crippen molar-refractivity contribution in [1.82, 2.24) is 9.80 Å². The van der Waals surface area contributed by atoms with E-state index < -0.39 is 0 Å². The molecule has 0 unspecified atom stereocenters. The van der Waals surface area contributed by atoms with Crippen LogP contribution in [0.2, 0.25) is 5.02 Å². The van der Waals surface area contributed by atoms with Crippen molar-refractivity contribution in [2.24, 2.45) is 0 Å². The topological polar surface area (TPSA) is 40.6 Å². The van der Waals surface area contributed by atoms with Crippen LogP contribution in [0, 0.1) is 0 Å². The molecular weight excluding hydrogens is 404 g/mol. The first-order chi connectivity index (χ1) is 12.0. The zero-order valence-electron chi connectivity index (χ0n) is 13.6. The highest BCUT2D eigenvalue weighted by Crippen LogP contribution is 2.17. The fourth-order valence-electron chi connectivity index (χ4n) is 2.93. The van der Waals surface area contributed by atoms with Gasteiger partial charge in [0.25, 0.3) is 11.8 Å². The van der Waals surface area contributed by atoms with E-state index in [0.29, 0.717) is 42.3 Å².